The Hall–Kier alpha value is -3.04. The van der Waals surface area contributed by atoms with Crippen LogP contribution in [0.5, 0.6) is 5.75 Å². The first-order valence-electron chi connectivity index (χ1n) is 12.8. The van der Waals surface area contributed by atoms with Crippen molar-refractivity contribution in [3.8, 4) is 5.75 Å². The predicted molar refractivity (Wildman–Crippen MR) is 153 cm³/mol. The average Bonchev–Trinajstić information content (AvgIpc) is 3.48. The van der Waals surface area contributed by atoms with Crippen molar-refractivity contribution in [2.75, 3.05) is 31.5 Å². The maximum Gasteiger partial charge on any atom is 0.261 e. The minimum Gasteiger partial charge on any atom is -0.488 e. The third kappa shape index (κ3) is 7.07. The van der Waals surface area contributed by atoms with Crippen LogP contribution in [0, 0.1) is 11.7 Å². The van der Waals surface area contributed by atoms with E-state index in [4.69, 9.17) is 4.74 Å². The minimum absolute atomic E-state index is 0.0185. The summed E-state index contributed by atoms with van der Waals surface area (Å²) in [6.45, 7) is 3.46. The zero-order valence-electron chi connectivity index (χ0n) is 22.7. The van der Waals surface area contributed by atoms with Gasteiger partial charge in [0, 0.05) is 30.8 Å². The van der Waals surface area contributed by atoms with E-state index in [1.165, 1.54) is 40.5 Å². The van der Waals surface area contributed by atoms with Gasteiger partial charge >= 0.3 is 0 Å². The summed E-state index contributed by atoms with van der Waals surface area (Å²) in [5.74, 6) is -0.907. The Kier molecular flexibility index (Phi) is 9.39. The molecule has 0 fully saturated rings. The van der Waals surface area contributed by atoms with Crippen LogP contribution in [0.4, 0.5) is 10.1 Å². The zero-order valence-corrected chi connectivity index (χ0v) is 25.2. The molecule has 2 aromatic carbocycles. The number of amides is 1. The van der Waals surface area contributed by atoms with Gasteiger partial charge in [0.2, 0.25) is 5.91 Å². The van der Waals surface area contributed by atoms with E-state index in [0.717, 1.165) is 35.6 Å². The van der Waals surface area contributed by atoms with Gasteiger partial charge in [0.1, 0.15) is 21.9 Å². The fourth-order valence-electron chi connectivity index (χ4n) is 4.45. The number of benzene rings is 2. The van der Waals surface area contributed by atoms with Crippen LogP contribution in [-0.4, -0.2) is 75.9 Å². The normalized spacial score (nSPS) is 19.1. The van der Waals surface area contributed by atoms with E-state index in [2.05, 4.69) is 4.72 Å². The number of sulfonamides is 2. The molecule has 0 spiro atoms. The van der Waals surface area contributed by atoms with Crippen molar-refractivity contribution in [3.63, 3.8) is 0 Å². The maximum absolute atomic E-state index is 13.4. The van der Waals surface area contributed by atoms with Gasteiger partial charge in [-0.25, -0.2) is 21.2 Å². The number of rotatable bonds is 9. The first-order chi connectivity index (χ1) is 19.3. The van der Waals surface area contributed by atoms with Crippen LogP contribution in [0.15, 0.2) is 69.1 Å². The Bertz CT molecular complexity index is 1580. The van der Waals surface area contributed by atoms with Crippen molar-refractivity contribution in [1.29, 1.82) is 0 Å². The summed E-state index contributed by atoms with van der Waals surface area (Å²) >= 11 is 1.11. The van der Waals surface area contributed by atoms with Gasteiger partial charge in [-0.1, -0.05) is 13.0 Å². The third-order valence-corrected chi connectivity index (χ3v) is 11.5. The third-order valence-electron chi connectivity index (χ3n) is 6.89. The van der Waals surface area contributed by atoms with Gasteiger partial charge in [-0.2, -0.15) is 4.31 Å². The van der Waals surface area contributed by atoms with E-state index in [-0.39, 0.29) is 52.7 Å². The molecule has 2 heterocycles. The first-order valence-corrected chi connectivity index (χ1v) is 16.6. The van der Waals surface area contributed by atoms with Crippen LogP contribution in [0.2, 0.25) is 0 Å². The standard InChI is InChI=1S/C27H32FN3O7S3/c1-18-15-31(19(2)17-32)26(33)14-20-13-22(29-40(34,35)23-9-6-21(28)7-10-23)8-11-24(20)38-25(18)16-30(3)41(36,37)27-5-4-12-39-27/h4-13,18-19,25,29,32H,14-17H2,1-3H3/t18-,19-,25-/m1/s1. The number of fused-ring (bicyclic) bond motifs is 1. The molecule has 4 rings (SSSR count). The van der Waals surface area contributed by atoms with E-state index in [0.29, 0.717) is 11.3 Å². The SMILES string of the molecule is C[C@@H]1CN([C@H](C)CO)C(=O)Cc2cc(NS(=O)(=O)c3ccc(F)cc3)ccc2O[C@@H]1CN(C)S(=O)(=O)c1cccs1. The van der Waals surface area contributed by atoms with E-state index < -0.39 is 38.0 Å². The highest BCUT2D eigenvalue weighted by atomic mass is 32.2. The molecule has 1 aromatic heterocycles. The van der Waals surface area contributed by atoms with Gasteiger partial charge in [0.25, 0.3) is 20.0 Å². The molecule has 0 saturated carbocycles. The van der Waals surface area contributed by atoms with Gasteiger partial charge in [-0.15, -0.1) is 11.3 Å². The molecule has 1 aliphatic rings. The molecule has 10 nitrogen and oxygen atoms in total. The van der Waals surface area contributed by atoms with Crippen molar-refractivity contribution in [3.05, 3.63) is 71.4 Å². The lowest BCUT2D eigenvalue weighted by molar-refractivity contribution is -0.134. The maximum atomic E-state index is 13.4. The molecule has 2 N–H and O–H groups in total. The summed E-state index contributed by atoms with van der Waals surface area (Å²) in [6.07, 6.45) is -0.830. The Balaban J connectivity index is 1.68. The number of halogens is 1. The minimum atomic E-state index is -4.05. The number of nitrogens with one attached hydrogen (secondary N) is 1. The lowest BCUT2D eigenvalue weighted by Crippen LogP contribution is -2.48. The van der Waals surface area contributed by atoms with Gasteiger partial charge in [0.05, 0.1) is 30.5 Å². The Morgan fingerprint density at radius 1 is 1.17 bits per heavy atom. The van der Waals surface area contributed by atoms with Gasteiger partial charge in [-0.05, 0) is 60.8 Å². The number of thiophene rings is 1. The van der Waals surface area contributed by atoms with Gasteiger partial charge < -0.3 is 14.7 Å². The van der Waals surface area contributed by atoms with E-state index in [1.807, 2.05) is 6.92 Å². The lowest BCUT2D eigenvalue weighted by Gasteiger charge is -2.33. The Morgan fingerprint density at radius 2 is 1.88 bits per heavy atom. The van der Waals surface area contributed by atoms with Crippen LogP contribution in [0.3, 0.4) is 0 Å². The van der Waals surface area contributed by atoms with E-state index in [9.17, 15) is 31.1 Å². The summed E-state index contributed by atoms with van der Waals surface area (Å²) in [5, 5.41) is 11.5. The molecule has 0 unspecified atom stereocenters. The Morgan fingerprint density at radius 3 is 2.51 bits per heavy atom. The largest absolute Gasteiger partial charge is 0.488 e. The molecule has 0 bridgehead atoms. The predicted octanol–water partition coefficient (Wildman–Crippen LogP) is 3.16. The van der Waals surface area contributed by atoms with Crippen molar-refractivity contribution < 1.29 is 35.9 Å². The van der Waals surface area contributed by atoms with E-state index in [1.54, 1.807) is 18.4 Å². The topological polar surface area (TPSA) is 133 Å². The van der Waals surface area contributed by atoms with Crippen LogP contribution in [0.25, 0.3) is 0 Å². The molecule has 0 saturated heterocycles. The number of hydrogen-bond acceptors (Lipinski definition) is 8. The molecule has 222 valence electrons. The quantitative estimate of drug-likeness (QED) is 0.373. The number of ether oxygens (including phenoxy) is 1. The number of nitrogens with zero attached hydrogens (tertiary/aromatic N) is 2. The summed E-state index contributed by atoms with van der Waals surface area (Å²) < 4.78 is 75.5. The Labute approximate surface area is 243 Å². The second-order valence-corrected chi connectivity index (χ2v) is 14.9. The molecular weight excluding hydrogens is 594 g/mol. The molecular formula is C27H32FN3O7S3. The molecule has 0 aliphatic carbocycles. The van der Waals surface area contributed by atoms with Crippen molar-refractivity contribution in [2.45, 2.75) is 41.5 Å². The van der Waals surface area contributed by atoms with Crippen molar-refractivity contribution >= 4 is 43.0 Å². The first kappa shape index (κ1) is 30.9. The van der Waals surface area contributed by atoms with Crippen LogP contribution in [-0.2, 0) is 31.3 Å². The molecule has 41 heavy (non-hydrogen) atoms. The number of carbonyl (C=O) groups excluding carboxylic acids is 1. The van der Waals surface area contributed by atoms with Crippen molar-refractivity contribution in [2.24, 2.45) is 5.92 Å². The summed E-state index contributed by atoms with van der Waals surface area (Å²) in [7, 11) is -6.37. The number of carbonyl (C=O) groups is 1. The fraction of sp³-hybridized carbons (Fsp3) is 0.370. The van der Waals surface area contributed by atoms with Crippen LogP contribution < -0.4 is 9.46 Å². The van der Waals surface area contributed by atoms with Crippen molar-refractivity contribution in [1.82, 2.24) is 9.21 Å². The highest BCUT2D eigenvalue weighted by Gasteiger charge is 2.34. The van der Waals surface area contributed by atoms with E-state index >= 15 is 0 Å². The van der Waals surface area contributed by atoms with Gasteiger partial charge in [0.15, 0.2) is 0 Å². The summed E-state index contributed by atoms with van der Waals surface area (Å²) in [6, 6.07) is 11.5. The zero-order chi connectivity index (χ0) is 29.9. The summed E-state index contributed by atoms with van der Waals surface area (Å²) in [5.41, 5.74) is 0.541. The number of aliphatic hydroxyl groups is 1. The highest BCUT2D eigenvalue weighted by Crippen LogP contribution is 2.31. The molecule has 0 radical (unpaired) electrons. The number of hydrogen-bond donors (Lipinski definition) is 2. The second kappa shape index (κ2) is 12.4. The smallest absolute Gasteiger partial charge is 0.261 e. The number of anilines is 1. The molecule has 3 atom stereocenters. The molecule has 14 heteroatoms. The second-order valence-electron chi connectivity index (χ2n) is 9.99. The molecule has 3 aromatic rings. The number of aliphatic hydroxyl groups excluding tert-OH is 1. The lowest BCUT2D eigenvalue weighted by atomic mass is 10.0. The van der Waals surface area contributed by atoms with Gasteiger partial charge in [-0.3, -0.25) is 9.52 Å². The monoisotopic (exact) mass is 625 g/mol. The molecule has 1 amide bonds. The average molecular weight is 626 g/mol. The fourth-order valence-corrected chi connectivity index (χ4v) is 7.89. The highest BCUT2D eigenvalue weighted by molar-refractivity contribution is 7.92. The van der Waals surface area contributed by atoms with Crippen LogP contribution >= 0.6 is 11.3 Å². The summed E-state index contributed by atoms with van der Waals surface area (Å²) in [4.78, 5) is 14.8. The van der Waals surface area contributed by atoms with Crippen LogP contribution in [0.1, 0.15) is 19.4 Å². The number of likely N-dealkylation sites (N-methyl/N-ethyl adjacent to an activating group) is 1. The molecule has 1 aliphatic heterocycles.